The summed E-state index contributed by atoms with van der Waals surface area (Å²) in [5.41, 5.74) is 5.03. The maximum absolute atomic E-state index is 10.1. The van der Waals surface area contributed by atoms with E-state index in [1.54, 1.807) is 0 Å². The van der Waals surface area contributed by atoms with E-state index in [2.05, 4.69) is 4.18 Å². The third-order valence-corrected chi connectivity index (χ3v) is 2.10. The fourth-order valence-corrected chi connectivity index (χ4v) is 1.09. The summed E-state index contributed by atoms with van der Waals surface area (Å²) in [5, 5.41) is 27.4. The van der Waals surface area contributed by atoms with Crippen molar-refractivity contribution in [2.24, 2.45) is 5.73 Å². The Labute approximate surface area is 120 Å². The first kappa shape index (κ1) is 23.3. The SMILES string of the molecule is N[C@@H](C=O)[C@@H](O)[C@H](O)[C@H](O)COS(=O)(=O)[O-].[Cl-].[Mn+2]. The second-order valence-corrected chi connectivity index (χ2v) is 4.01. The minimum Gasteiger partial charge on any atom is -1.00 e. The Balaban J connectivity index is -0.00000112. The summed E-state index contributed by atoms with van der Waals surface area (Å²) in [6.07, 6.45) is -5.46. The minimum absolute atomic E-state index is 0. The Bertz CT molecular complexity index is 328. The van der Waals surface area contributed by atoms with Crippen LogP contribution < -0.4 is 18.1 Å². The fourth-order valence-electron chi connectivity index (χ4n) is 0.787. The zero-order valence-electron chi connectivity index (χ0n) is 8.72. The number of hydrogen-bond acceptors (Lipinski definition) is 9. The molecule has 18 heavy (non-hydrogen) atoms. The van der Waals surface area contributed by atoms with Crippen LogP contribution in [0.15, 0.2) is 0 Å². The van der Waals surface area contributed by atoms with Crippen LogP contribution in [0.25, 0.3) is 0 Å². The summed E-state index contributed by atoms with van der Waals surface area (Å²) in [4.78, 5) is 10.1. The molecule has 0 saturated carbocycles. The molecule has 0 heterocycles. The molecule has 0 aromatic rings. The van der Waals surface area contributed by atoms with Crippen molar-refractivity contribution in [3.8, 4) is 0 Å². The zero-order chi connectivity index (χ0) is 12.9. The molecule has 0 spiro atoms. The average Bonchev–Trinajstić information content (AvgIpc) is 2.21. The number of halogens is 1. The van der Waals surface area contributed by atoms with Gasteiger partial charge in [-0.25, -0.2) is 8.42 Å². The van der Waals surface area contributed by atoms with Crippen molar-refractivity contribution in [2.75, 3.05) is 6.61 Å². The van der Waals surface area contributed by atoms with Crippen LogP contribution >= 0.6 is 0 Å². The van der Waals surface area contributed by atoms with E-state index in [1.165, 1.54) is 0 Å². The number of carbonyl (C=O) groups is 1. The molecule has 4 atom stereocenters. The van der Waals surface area contributed by atoms with E-state index >= 15 is 0 Å². The molecular weight excluding hydrogens is 337 g/mol. The van der Waals surface area contributed by atoms with Crippen molar-refractivity contribution >= 4 is 16.7 Å². The Morgan fingerprint density at radius 3 is 2.06 bits per heavy atom. The van der Waals surface area contributed by atoms with Crippen molar-refractivity contribution in [1.82, 2.24) is 0 Å². The first-order valence-electron chi connectivity index (χ1n) is 4.04. The summed E-state index contributed by atoms with van der Waals surface area (Å²) >= 11 is 0. The van der Waals surface area contributed by atoms with Gasteiger partial charge < -0.3 is 42.8 Å². The molecule has 12 heteroatoms. The van der Waals surface area contributed by atoms with E-state index < -0.39 is 41.4 Å². The molecule has 0 aromatic heterocycles. The molecule has 0 aromatic carbocycles. The Kier molecular flexibility index (Phi) is 13.0. The third kappa shape index (κ3) is 9.16. The van der Waals surface area contributed by atoms with E-state index in [9.17, 15) is 17.8 Å². The molecule has 0 aliphatic rings. The molecule has 1 radical (unpaired) electrons. The molecule has 0 rings (SSSR count). The summed E-state index contributed by atoms with van der Waals surface area (Å²) in [6.45, 7) is -1.05. The van der Waals surface area contributed by atoms with Gasteiger partial charge >= 0.3 is 17.1 Å². The first-order chi connectivity index (χ1) is 7.19. The van der Waals surface area contributed by atoms with Gasteiger partial charge in [0, 0.05) is 0 Å². The molecule has 0 unspecified atom stereocenters. The van der Waals surface area contributed by atoms with Gasteiger partial charge in [0.2, 0.25) is 10.4 Å². The average molecular weight is 349 g/mol. The quantitative estimate of drug-likeness (QED) is 0.151. The number of nitrogens with two attached hydrogens (primary N) is 1. The predicted molar refractivity (Wildman–Crippen MR) is 47.7 cm³/mol. The number of carbonyl (C=O) groups excluding carboxylic acids is 1. The molecule has 5 N–H and O–H groups in total. The summed E-state index contributed by atoms with van der Waals surface area (Å²) < 4.78 is 33.7. The summed E-state index contributed by atoms with van der Waals surface area (Å²) in [6, 6.07) is -1.45. The molecule has 0 bridgehead atoms. The molecule has 0 fully saturated rings. The van der Waals surface area contributed by atoms with Crippen molar-refractivity contribution in [2.45, 2.75) is 24.4 Å². The van der Waals surface area contributed by atoms with Gasteiger partial charge in [-0.15, -0.1) is 0 Å². The van der Waals surface area contributed by atoms with E-state index in [0.29, 0.717) is 0 Å². The van der Waals surface area contributed by atoms with Crippen molar-refractivity contribution in [3.05, 3.63) is 0 Å². The normalized spacial score (nSPS) is 17.6. The second kappa shape index (κ2) is 10.0. The largest absolute Gasteiger partial charge is 2.00 e. The smallest absolute Gasteiger partial charge is 1.00 e. The van der Waals surface area contributed by atoms with Crippen molar-refractivity contribution < 1.29 is 66.7 Å². The Morgan fingerprint density at radius 2 is 1.72 bits per heavy atom. The molecule has 0 aliphatic carbocycles. The first-order valence-corrected chi connectivity index (χ1v) is 5.37. The van der Waals surface area contributed by atoms with Crippen LogP contribution in [0, 0.1) is 0 Å². The second-order valence-electron chi connectivity index (χ2n) is 2.95. The van der Waals surface area contributed by atoms with Crippen LogP contribution in [0.2, 0.25) is 0 Å². The molecule has 0 saturated heterocycles. The fraction of sp³-hybridized carbons (Fsp3) is 0.833. The van der Waals surface area contributed by atoms with E-state index in [0.717, 1.165) is 0 Å². The van der Waals surface area contributed by atoms with Crippen LogP contribution in [-0.2, 0) is 36.4 Å². The van der Waals surface area contributed by atoms with Crippen LogP contribution in [0.4, 0.5) is 0 Å². The maximum Gasteiger partial charge on any atom is 2.00 e. The van der Waals surface area contributed by atoms with Crippen LogP contribution in [-0.4, -0.2) is 65.5 Å². The third-order valence-electron chi connectivity index (χ3n) is 1.68. The number of aliphatic hydroxyl groups excluding tert-OH is 3. The maximum atomic E-state index is 10.1. The zero-order valence-corrected chi connectivity index (χ0v) is 11.5. The van der Waals surface area contributed by atoms with Gasteiger partial charge in [0.25, 0.3) is 0 Å². The predicted octanol–water partition coefficient (Wildman–Crippen LogP) is -6.93. The monoisotopic (exact) mass is 348 g/mol. The van der Waals surface area contributed by atoms with Gasteiger partial charge in [-0.1, -0.05) is 0 Å². The van der Waals surface area contributed by atoms with Gasteiger partial charge in [0.1, 0.15) is 24.6 Å². The summed E-state index contributed by atoms with van der Waals surface area (Å²) in [7, 11) is -5.01. The van der Waals surface area contributed by atoms with Gasteiger partial charge in [0.05, 0.1) is 12.6 Å². The van der Waals surface area contributed by atoms with Gasteiger partial charge in [0.15, 0.2) is 0 Å². The van der Waals surface area contributed by atoms with Gasteiger partial charge in [-0.3, -0.25) is 4.18 Å². The van der Waals surface area contributed by atoms with Crippen LogP contribution in [0.3, 0.4) is 0 Å². The van der Waals surface area contributed by atoms with E-state index in [-0.39, 0.29) is 35.8 Å². The molecule has 109 valence electrons. The van der Waals surface area contributed by atoms with Gasteiger partial charge in [-0.2, -0.15) is 0 Å². The number of rotatable bonds is 7. The summed E-state index contributed by atoms with van der Waals surface area (Å²) in [5.74, 6) is 0. The van der Waals surface area contributed by atoms with Gasteiger partial charge in [-0.05, 0) is 0 Å². The topological polar surface area (TPSA) is 170 Å². The molecular formula is C6H12ClMnNO8S. The Hall–Kier alpha value is 0.189. The Morgan fingerprint density at radius 1 is 1.28 bits per heavy atom. The van der Waals surface area contributed by atoms with Crippen molar-refractivity contribution in [1.29, 1.82) is 0 Å². The van der Waals surface area contributed by atoms with E-state index in [4.69, 9.17) is 21.1 Å². The van der Waals surface area contributed by atoms with Crippen molar-refractivity contribution in [3.63, 3.8) is 0 Å². The number of hydrogen-bond donors (Lipinski definition) is 4. The van der Waals surface area contributed by atoms with Crippen LogP contribution in [0.5, 0.6) is 0 Å². The van der Waals surface area contributed by atoms with E-state index in [1.807, 2.05) is 0 Å². The van der Waals surface area contributed by atoms with Crippen LogP contribution in [0.1, 0.15) is 0 Å². The standard InChI is InChI=1S/C6H13NO8S.ClH.Mn/c7-3(1-8)5(10)6(11)4(9)2-15-16(12,13)14;;/h1,3-6,9-11H,2,7H2,(H,12,13,14);1H;/q;;+2/p-2/t3-,4+,5+,6+;;/m0../s1. The molecule has 9 nitrogen and oxygen atoms in total. The molecule has 0 amide bonds. The minimum atomic E-state index is -5.01. The number of aliphatic hydroxyl groups is 3. The molecule has 0 aliphatic heterocycles. The number of aldehydes is 1.